The highest BCUT2D eigenvalue weighted by molar-refractivity contribution is 5.83. The average Bonchev–Trinajstić information content (AvgIpc) is 2.33. The fraction of sp³-hybridized carbons (Fsp3) is 0.947. The number of quaternary nitrogens is 1. The second-order valence-corrected chi connectivity index (χ2v) is 10.5. The molecule has 5 aliphatic rings. The van der Waals surface area contributed by atoms with Gasteiger partial charge < -0.3 is 9.80 Å². The Bertz CT molecular complexity index is 452. The van der Waals surface area contributed by atoms with Crippen LogP contribution in [0, 0.1) is 21.7 Å². The molecule has 1 N–H and O–H groups in total. The van der Waals surface area contributed by atoms with Crippen molar-refractivity contribution < 1.29 is 9.69 Å². The molecular weight excluding hydrogens is 272 g/mol. The van der Waals surface area contributed by atoms with Gasteiger partial charge in [-0.05, 0) is 54.8 Å². The predicted octanol–water partition coefficient (Wildman–Crippen LogP) is 1.73. The van der Waals surface area contributed by atoms with Crippen LogP contribution in [0.1, 0.15) is 59.3 Å². The first-order chi connectivity index (χ1) is 10.2. The van der Waals surface area contributed by atoms with Crippen molar-refractivity contribution in [1.29, 1.82) is 0 Å². The van der Waals surface area contributed by atoms with Crippen LogP contribution in [0.15, 0.2) is 0 Å². The number of nitrogens with one attached hydrogen (secondary N) is 1. The van der Waals surface area contributed by atoms with Gasteiger partial charge in [-0.3, -0.25) is 4.79 Å². The quantitative estimate of drug-likeness (QED) is 0.784. The maximum absolute atomic E-state index is 13.5. The van der Waals surface area contributed by atoms with E-state index in [9.17, 15) is 4.79 Å². The van der Waals surface area contributed by atoms with E-state index in [2.05, 4.69) is 32.7 Å². The van der Waals surface area contributed by atoms with E-state index in [-0.39, 0.29) is 5.41 Å². The average molecular weight is 305 g/mol. The molecule has 5 fully saturated rings. The van der Waals surface area contributed by atoms with E-state index in [1.807, 2.05) is 0 Å². The second-order valence-electron chi connectivity index (χ2n) is 10.5. The largest absolute Gasteiger partial charge is 0.334 e. The third-order valence-electron chi connectivity index (χ3n) is 7.21. The molecule has 0 aromatic heterocycles. The maximum Gasteiger partial charge on any atom is 0.229 e. The molecule has 22 heavy (non-hydrogen) atoms. The first-order valence-corrected chi connectivity index (χ1v) is 9.26. The van der Waals surface area contributed by atoms with Gasteiger partial charge in [-0.2, -0.15) is 0 Å². The molecule has 1 amide bonds. The normalized spacial score (nSPS) is 51.4. The van der Waals surface area contributed by atoms with E-state index >= 15 is 0 Å². The molecule has 4 bridgehead atoms. The lowest BCUT2D eigenvalue weighted by Crippen LogP contribution is -3.12. The van der Waals surface area contributed by atoms with Gasteiger partial charge in [-0.15, -0.1) is 0 Å². The SMILES string of the molecule is C[NH+]1CCN(C(=O)C23CC4(C)CC(C)(CC(C)(C4)C2)C3)CC1. The summed E-state index contributed by atoms with van der Waals surface area (Å²) >= 11 is 0. The number of rotatable bonds is 1. The standard InChI is InChI=1S/C19H32N2O/c1-16-9-17(2)11-18(3,10-16)14-19(12-16,13-17)15(22)21-7-5-20(4)6-8-21/h5-14H2,1-4H3/p+1. The topological polar surface area (TPSA) is 24.8 Å². The Kier molecular flexibility index (Phi) is 2.92. The van der Waals surface area contributed by atoms with Gasteiger partial charge >= 0.3 is 0 Å². The monoisotopic (exact) mass is 305 g/mol. The first kappa shape index (κ1) is 15.0. The third kappa shape index (κ3) is 2.15. The van der Waals surface area contributed by atoms with E-state index in [0.717, 1.165) is 45.4 Å². The Balaban J connectivity index is 1.64. The summed E-state index contributed by atoms with van der Waals surface area (Å²) in [6.07, 6.45) is 7.50. The smallest absolute Gasteiger partial charge is 0.229 e. The molecule has 1 aliphatic heterocycles. The number of amides is 1. The minimum Gasteiger partial charge on any atom is -0.334 e. The van der Waals surface area contributed by atoms with Gasteiger partial charge in [-0.1, -0.05) is 20.8 Å². The van der Waals surface area contributed by atoms with Crippen molar-refractivity contribution in [3.63, 3.8) is 0 Å². The maximum atomic E-state index is 13.5. The van der Waals surface area contributed by atoms with Crippen molar-refractivity contribution in [2.24, 2.45) is 21.7 Å². The number of hydrogen-bond acceptors (Lipinski definition) is 1. The Labute approximate surface area is 135 Å². The predicted molar refractivity (Wildman–Crippen MR) is 87.7 cm³/mol. The van der Waals surface area contributed by atoms with Crippen LogP contribution >= 0.6 is 0 Å². The Morgan fingerprint density at radius 2 is 1.23 bits per heavy atom. The molecule has 124 valence electrons. The summed E-state index contributed by atoms with van der Waals surface area (Å²) in [5, 5.41) is 0. The molecule has 1 saturated heterocycles. The van der Waals surface area contributed by atoms with Crippen molar-refractivity contribution in [2.45, 2.75) is 59.3 Å². The van der Waals surface area contributed by atoms with Gasteiger partial charge in [0, 0.05) is 0 Å². The molecule has 0 aromatic carbocycles. The first-order valence-electron chi connectivity index (χ1n) is 9.26. The summed E-state index contributed by atoms with van der Waals surface area (Å²) in [7, 11) is 2.25. The highest BCUT2D eigenvalue weighted by Gasteiger charge is 2.66. The van der Waals surface area contributed by atoms with Crippen LogP contribution in [-0.4, -0.2) is 44.0 Å². The fourth-order valence-electron chi connectivity index (χ4n) is 7.95. The van der Waals surface area contributed by atoms with E-state index < -0.39 is 0 Å². The second kappa shape index (κ2) is 4.28. The molecule has 0 spiro atoms. The van der Waals surface area contributed by atoms with Gasteiger partial charge in [0.05, 0.1) is 38.6 Å². The fourth-order valence-corrected chi connectivity index (χ4v) is 7.95. The lowest BCUT2D eigenvalue weighted by molar-refractivity contribution is -0.883. The molecule has 0 unspecified atom stereocenters. The number of piperazine rings is 1. The zero-order valence-corrected chi connectivity index (χ0v) is 14.9. The number of carbonyl (C=O) groups is 1. The van der Waals surface area contributed by atoms with Crippen LogP contribution in [0.2, 0.25) is 0 Å². The Morgan fingerprint density at radius 1 is 0.818 bits per heavy atom. The van der Waals surface area contributed by atoms with Crippen molar-refractivity contribution in [3.05, 3.63) is 0 Å². The summed E-state index contributed by atoms with van der Waals surface area (Å²) in [4.78, 5) is 17.3. The van der Waals surface area contributed by atoms with E-state index in [1.165, 1.54) is 19.3 Å². The third-order valence-corrected chi connectivity index (χ3v) is 7.21. The van der Waals surface area contributed by atoms with Crippen LogP contribution in [0.25, 0.3) is 0 Å². The van der Waals surface area contributed by atoms with Gasteiger partial charge in [-0.25, -0.2) is 0 Å². The molecule has 3 nitrogen and oxygen atoms in total. The highest BCUT2D eigenvalue weighted by atomic mass is 16.2. The number of nitrogens with zero attached hydrogens (tertiary/aromatic N) is 1. The number of hydrogen-bond donors (Lipinski definition) is 1. The number of carbonyl (C=O) groups excluding carboxylic acids is 1. The lowest BCUT2D eigenvalue weighted by Gasteiger charge is -2.68. The summed E-state index contributed by atoms with van der Waals surface area (Å²) in [6, 6.07) is 0. The van der Waals surface area contributed by atoms with Crippen molar-refractivity contribution in [2.75, 3.05) is 33.2 Å². The highest BCUT2D eigenvalue weighted by Crippen LogP contribution is 2.73. The molecule has 0 radical (unpaired) electrons. The van der Waals surface area contributed by atoms with E-state index in [1.54, 1.807) is 4.90 Å². The van der Waals surface area contributed by atoms with E-state index in [4.69, 9.17) is 0 Å². The van der Waals surface area contributed by atoms with Crippen LogP contribution in [0.5, 0.6) is 0 Å². The zero-order valence-electron chi connectivity index (χ0n) is 14.9. The van der Waals surface area contributed by atoms with Crippen molar-refractivity contribution in [1.82, 2.24) is 4.90 Å². The summed E-state index contributed by atoms with van der Waals surface area (Å²) in [5.41, 5.74) is 1.20. The van der Waals surface area contributed by atoms with Crippen LogP contribution in [0.4, 0.5) is 0 Å². The Morgan fingerprint density at radius 3 is 1.64 bits per heavy atom. The number of likely N-dealkylation sites (N-methyl/N-ethyl adjacent to an activating group) is 1. The van der Waals surface area contributed by atoms with Gasteiger partial charge in [0.15, 0.2) is 0 Å². The Hall–Kier alpha value is -0.570. The summed E-state index contributed by atoms with van der Waals surface area (Å²) < 4.78 is 0. The van der Waals surface area contributed by atoms with Crippen LogP contribution < -0.4 is 4.90 Å². The molecule has 0 atom stereocenters. The van der Waals surface area contributed by atoms with Crippen molar-refractivity contribution >= 4 is 5.91 Å². The van der Waals surface area contributed by atoms with E-state index in [0.29, 0.717) is 22.2 Å². The minimum atomic E-state index is -0.0295. The van der Waals surface area contributed by atoms with Crippen LogP contribution in [0.3, 0.4) is 0 Å². The molecule has 0 aromatic rings. The molecule has 4 saturated carbocycles. The van der Waals surface area contributed by atoms with Gasteiger partial charge in [0.2, 0.25) is 5.91 Å². The lowest BCUT2D eigenvalue weighted by atomic mass is 9.36. The zero-order chi connectivity index (χ0) is 15.8. The minimum absolute atomic E-state index is 0.0295. The summed E-state index contributed by atoms with van der Waals surface area (Å²) in [6.45, 7) is 11.6. The molecule has 1 heterocycles. The van der Waals surface area contributed by atoms with Crippen molar-refractivity contribution in [3.8, 4) is 0 Å². The molecular formula is C19H33N2O+. The molecule has 4 aliphatic carbocycles. The van der Waals surface area contributed by atoms with Gasteiger partial charge in [0.25, 0.3) is 0 Å². The van der Waals surface area contributed by atoms with Gasteiger partial charge in [0.1, 0.15) is 0 Å². The molecule has 3 heteroatoms. The molecule has 5 rings (SSSR count). The van der Waals surface area contributed by atoms with Crippen LogP contribution in [-0.2, 0) is 4.79 Å². The summed E-state index contributed by atoms with van der Waals surface area (Å²) in [5.74, 6) is 0.516.